The zero-order chi connectivity index (χ0) is 8.15. The minimum atomic E-state index is 0.203. The van der Waals surface area contributed by atoms with Crippen molar-refractivity contribution >= 4 is 5.78 Å². The van der Waals surface area contributed by atoms with Crippen molar-refractivity contribution in [1.29, 1.82) is 0 Å². The number of rotatable bonds is 4. The molecule has 0 N–H and O–H groups in total. The Balaban J connectivity index is 3.74. The minimum absolute atomic E-state index is 0.203. The van der Waals surface area contributed by atoms with E-state index in [9.17, 15) is 4.79 Å². The highest BCUT2D eigenvalue weighted by molar-refractivity contribution is 5.94. The van der Waals surface area contributed by atoms with E-state index in [1.807, 2.05) is 6.92 Å². The molecule has 0 bridgehead atoms. The Bertz CT molecular complexity index is 134. The fraction of sp³-hybridized carbons (Fsp3) is 0.667. The van der Waals surface area contributed by atoms with Crippen LogP contribution in [0.1, 0.15) is 33.6 Å². The third kappa shape index (κ3) is 3.44. The van der Waals surface area contributed by atoms with E-state index in [2.05, 4.69) is 20.4 Å². The smallest absolute Gasteiger partial charge is 0.158 e. The lowest BCUT2D eigenvalue weighted by Gasteiger charge is -2.04. The first-order chi connectivity index (χ1) is 4.57. The highest BCUT2D eigenvalue weighted by Gasteiger charge is 2.05. The lowest BCUT2D eigenvalue weighted by molar-refractivity contribution is -0.115. The minimum Gasteiger partial charge on any atom is -0.295 e. The van der Waals surface area contributed by atoms with Crippen molar-refractivity contribution in [2.75, 3.05) is 0 Å². The molecular formula is C9H16O. The molecule has 0 heterocycles. The lowest BCUT2D eigenvalue weighted by Crippen LogP contribution is -2.01. The molecule has 0 fully saturated rings. The van der Waals surface area contributed by atoms with Gasteiger partial charge in [-0.2, -0.15) is 0 Å². The summed E-state index contributed by atoms with van der Waals surface area (Å²) >= 11 is 0. The Morgan fingerprint density at radius 1 is 1.50 bits per heavy atom. The molecule has 0 spiro atoms. The Kier molecular flexibility index (Phi) is 4.01. The summed E-state index contributed by atoms with van der Waals surface area (Å²) in [4.78, 5) is 10.9. The van der Waals surface area contributed by atoms with Crippen molar-refractivity contribution in [1.82, 2.24) is 0 Å². The monoisotopic (exact) mass is 140 g/mol. The van der Waals surface area contributed by atoms with Crippen LogP contribution in [0.2, 0.25) is 0 Å². The third-order valence-electron chi connectivity index (χ3n) is 1.37. The van der Waals surface area contributed by atoms with Crippen molar-refractivity contribution in [3.8, 4) is 0 Å². The maximum absolute atomic E-state index is 10.9. The zero-order valence-corrected chi connectivity index (χ0v) is 7.11. The molecule has 0 saturated heterocycles. The molecule has 0 aromatic carbocycles. The number of Topliss-reactive ketones (excluding diaryl/α,β-unsaturated/α-hetero) is 1. The molecule has 0 aliphatic rings. The van der Waals surface area contributed by atoms with Gasteiger partial charge in [0.15, 0.2) is 5.78 Å². The highest BCUT2D eigenvalue weighted by Crippen LogP contribution is 2.10. The SMILES string of the molecule is C=C(CC(C)C)C(=O)CC. The number of hydrogen-bond acceptors (Lipinski definition) is 1. The molecule has 1 heteroatoms. The van der Waals surface area contributed by atoms with Gasteiger partial charge in [-0.3, -0.25) is 4.79 Å². The van der Waals surface area contributed by atoms with E-state index < -0.39 is 0 Å². The van der Waals surface area contributed by atoms with Crippen LogP contribution in [-0.4, -0.2) is 5.78 Å². The maximum atomic E-state index is 10.9. The largest absolute Gasteiger partial charge is 0.295 e. The quantitative estimate of drug-likeness (QED) is 0.548. The molecule has 0 amide bonds. The lowest BCUT2D eigenvalue weighted by atomic mass is 10.0. The normalized spacial score (nSPS) is 10.0. The van der Waals surface area contributed by atoms with Crippen LogP contribution in [0.4, 0.5) is 0 Å². The van der Waals surface area contributed by atoms with Gasteiger partial charge >= 0.3 is 0 Å². The Labute approximate surface area is 63.1 Å². The predicted molar refractivity (Wildman–Crippen MR) is 43.9 cm³/mol. The van der Waals surface area contributed by atoms with Crippen LogP contribution in [0.3, 0.4) is 0 Å². The first-order valence-corrected chi connectivity index (χ1v) is 3.78. The summed E-state index contributed by atoms with van der Waals surface area (Å²) in [6, 6.07) is 0. The molecule has 0 rings (SSSR count). The van der Waals surface area contributed by atoms with Crippen LogP contribution in [0.5, 0.6) is 0 Å². The van der Waals surface area contributed by atoms with Gasteiger partial charge in [0.1, 0.15) is 0 Å². The molecule has 0 atom stereocenters. The first kappa shape index (κ1) is 9.41. The van der Waals surface area contributed by atoms with Gasteiger partial charge in [-0.25, -0.2) is 0 Å². The van der Waals surface area contributed by atoms with Gasteiger partial charge < -0.3 is 0 Å². The van der Waals surface area contributed by atoms with Crippen molar-refractivity contribution in [2.24, 2.45) is 5.92 Å². The van der Waals surface area contributed by atoms with Gasteiger partial charge in [-0.1, -0.05) is 27.4 Å². The topological polar surface area (TPSA) is 17.1 Å². The van der Waals surface area contributed by atoms with Gasteiger partial charge in [0.05, 0.1) is 0 Å². The second-order valence-electron chi connectivity index (χ2n) is 2.98. The van der Waals surface area contributed by atoms with Crippen LogP contribution in [0.15, 0.2) is 12.2 Å². The van der Waals surface area contributed by atoms with Gasteiger partial charge in [-0.15, -0.1) is 0 Å². The van der Waals surface area contributed by atoms with Crippen LogP contribution in [-0.2, 0) is 4.79 Å². The van der Waals surface area contributed by atoms with Crippen molar-refractivity contribution < 1.29 is 4.79 Å². The van der Waals surface area contributed by atoms with E-state index in [1.54, 1.807) is 0 Å². The summed E-state index contributed by atoms with van der Waals surface area (Å²) in [6.45, 7) is 9.77. The first-order valence-electron chi connectivity index (χ1n) is 3.78. The Hall–Kier alpha value is -0.590. The van der Waals surface area contributed by atoms with Crippen LogP contribution < -0.4 is 0 Å². The third-order valence-corrected chi connectivity index (χ3v) is 1.37. The molecular weight excluding hydrogens is 124 g/mol. The second-order valence-corrected chi connectivity index (χ2v) is 2.98. The summed E-state index contributed by atoms with van der Waals surface area (Å²) in [5, 5.41) is 0. The molecule has 10 heavy (non-hydrogen) atoms. The summed E-state index contributed by atoms with van der Waals surface area (Å²) < 4.78 is 0. The predicted octanol–water partition coefficient (Wildman–Crippen LogP) is 2.57. The number of carbonyl (C=O) groups is 1. The van der Waals surface area contributed by atoms with Gasteiger partial charge in [0, 0.05) is 6.42 Å². The number of carbonyl (C=O) groups excluding carboxylic acids is 1. The molecule has 58 valence electrons. The van der Waals surface area contributed by atoms with E-state index in [0.29, 0.717) is 12.3 Å². The van der Waals surface area contributed by atoms with Crippen molar-refractivity contribution in [3.05, 3.63) is 12.2 Å². The number of hydrogen-bond donors (Lipinski definition) is 0. The van der Waals surface area contributed by atoms with Crippen LogP contribution in [0.25, 0.3) is 0 Å². The van der Waals surface area contributed by atoms with E-state index in [1.165, 1.54) is 0 Å². The molecule has 0 aliphatic carbocycles. The zero-order valence-electron chi connectivity index (χ0n) is 7.11. The Morgan fingerprint density at radius 3 is 2.30 bits per heavy atom. The summed E-state index contributed by atoms with van der Waals surface area (Å²) in [7, 11) is 0. The molecule has 0 radical (unpaired) electrons. The number of ketones is 1. The molecule has 1 nitrogen and oxygen atoms in total. The van der Waals surface area contributed by atoms with Gasteiger partial charge in [0.2, 0.25) is 0 Å². The van der Waals surface area contributed by atoms with E-state index in [0.717, 1.165) is 12.0 Å². The Morgan fingerprint density at radius 2 is 2.00 bits per heavy atom. The second kappa shape index (κ2) is 4.26. The van der Waals surface area contributed by atoms with Gasteiger partial charge in [-0.05, 0) is 17.9 Å². The van der Waals surface area contributed by atoms with E-state index >= 15 is 0 Å². The number of allylic oxidation sites excluding steroid dienone is 1. The van der Waals surface area contributed by atoms with Gasteiger partial charge in [0.25, 0.3) is 0 Å². The van der Waals surface area contributed by atoms with Crippen molar-refractivity contribution in [3.63, 3.8) is 0 Å². The fourth-order valence-corrected chi connectivity index (χ4v) is 0.857. The van der Waals surface area contributed by atoms with E-state index in [-0.39, 0.29) is 5.78 Å². The summed E-state index contributed by atoms with van der Waals surface area (Å²) in [6.07, 6.45) is 1.43. The van der Waals surface area contributed by atoms with Crippen LogP contribution in [0, 0.1) is 5.92 Å². The van der Waals surface area contributed by atoms with E-state index in [4.69, 9.17) is 0 Å². The average molecular weight is 140 g/mol. The van der Waals surface area contributed by atoms with Crippen LogP contribution >= 0.6 is 0 Å². The molecule has 0 aromatic rings. The standard InChI is InChI=1S/C9H16O/c1-5-9(10)8(4)6-7(2)3/h7H,4-6H2,1-3H3. The molecule has 0 unspecified atom stereocenters. The molecule has 0 aromatic heterocycles. The maximum Gasteiger partial charge on any atom is 0.158 e. The molecule has 0 saturated carbocycles. The summed E-state index contributed by atoms with van der Waals surface area (Å²) in [5.74, 6) is 0.747. The summed E-state index contributed by atoms with van der Waals surface area (Å²) in [5.41, 5.74) is 0.775. The van der Waals surface area contributed by atoms with Crippen molar-refractivity contribution in [2.45, 2.75) is 33.6 Å². The highest BCUT2D eigenvalue weighted by atomic mass is 16.1. The average Bonchev–Trinajstić information content (AvgIpc) is 1.85. The molecule has 0 aliphatic heterocycles. The fourth-order valence-electron chi connectivity index (χ4n) is 0.857.